The minimum absolute atomic E-state index is 0.0441. The predicted octanol–water partition coefficient (Wildman–Crippen LogP) is 4.59. The van der Waals surface area contributed by atoms with Crippen LogP contribution in [0.15, 0.2) is 78.9 Å². The molecule has 3 aromatic carbocycles. The van der Waals surface area contributed by atoms with Crippen LogP contribution < -0.4 is 10.6 Å². The van der Waals surface area contributed by atoms with E-state index in [2.05, 4.69) is 15.7 Å². The van der Waals surface area contributed by atoms with Crippen molar-refractivity contribution in [1.29, 1.82) is 0 Å². The van der Waals surface area contributed by atoms with E-state index in [1.807, 2.05) is 67.1 Å². The topological polar surface area (TPSA) is 93.1 Å². The van der Waals surface area contributed by atoms with Crippen LogP contribution in [0.4, 0.5) is 5.69 Å². The summed E-state index contributed by atoms with van der Waals surface area (Å²) in [4.78, 5) is 37.5. The molecule has 0 saturated heterocycles. The van der Waals surface area contributed by atoms with Crippen molar-refractivity contribution in [3.05, 3.63) is 118 Å². The number of aromatic nitrogens is 2. The first-order valence-electron chi connectivity index (χ1n) is 11.7. The Labute approximate surface area is 210 Å². The summed E-state index contributed by atoms with van der Waals surface area (Å²) in [6.45, 7) is 4.34. The average molecular weight is 481 g/mol. The Morgan fingerprint density at radius 2 is 1.50 bits per heavy atom. The van der Waals surface area contributed by atoms with Crippen LogP contribution in [0.2, 0.25) is 0 Å². The third-order valence-corrected chi connectivity index (χ3v) is 6.12. The molecule has 4 rings (SSSR count). The number of hydrogen-bond acceptors (Lipinski definition) is 4. The van der Waals surface area contributed by atoms with Gasteiger partial charge in [-0.3, -0.25) is 19.1 Å². The zero-order valence-corrected chi connectivity index (χ0v) is 20.5. The van der Waals surface area contributed by atoms with Crippen molar-refractivity contribution in [2.24, 2.45) is 0 Å². The van der Waals surface area contributed by atoms with Crippen molar-refractivity contribution < 1.29 is 14.4 Å². The number of anilines is 1. The monoisotopic (exact) mass is 480 g/mol. The fourth-order valence-corrected chi connectivity index (χ4v) is 4.07. The van der Waals surface area contributed by atoms with Crippen molar-refractivity contribution in [3.8, 4) is 0 Å². The predicted molar refractivity (Wildman–Crippen MR) is 140 cm³/mol. The highest BCUT2D eigenvalue weighted by molar-refractivity contribution is 6.05. The minimum Gasteiger partial charge on any atom is -0.355 e. The Morgan fingerprint density at radius 1 is 0.806 bits per heavy atom. The molecule has 4 aromatic rings. The van der Waals surface area contributed by atoms with Crippen LogP contribution in [-0.4, -0.2) is 34.4 Å². The molecule has 36 heavy (non-hydrogen) atoms. The van der Waals surface area contributed by atoms with Gasteiger partial charge in [0.1, 0.15) is 0 Å². The van der Waals surface area contributed by atoms with Gasteiger partial charge in [0.25, 0.3) is 11.8 Å². The van der Waals surface area contributed by atoms with E-state index in [9.17, 15) is 14.4 Å². The molecular weight excluding hydrogens is 452 g/mol. The number of nitrogens with one attached hydrogen (secondary N) is 2. The molecule has 0 atom stereocenters. The quantitative estimate of drug-likeness (QED) is 0.361. The number of rotatable bonds is 8. The summed E-state index contributed by atoms with van der Waals surface area (Å²) >= 11 is 0. The molecular formula is C29H28N4O3. The van der Waals surface area contributed by atoms with E-state index in [-0.39, 0.29) is 24.0 Å². The van der Waals surface area contributed by atoms with Crippen LogP contribution >= 0.6 is 0 Å². The van der Waals surface area contributed by atoms with Gasteiger partial charge >= 0.3 is 0 Å². The highest BCUT2D eigenvalue weighted by Crippen LogP contribution is 2.19. The first kappa shape index (κ1) is 24.6. The molecule has 0 unspecified atom stereocenters. The number of para-hydroxylation sites is 1. The normalized spacial score (nSPS) is 10.6. The van der Waals surface area contributed by atoms with Gasteiger partial charge in [-0.05, 0) is 55.8 Å². The lowest BCUT2D eigenvalue weighted by Crippen LogP contribution is -2.18. The smallest absolute Gasteiger partial charge is 0.255 e. The SMILES string of the molecule is CNC(=O)c1cccc(Cn2nc(C)c(CC(=O)c3ccc(C(=O)Nc4ccccc4)cc3)c2C)c1. The lowest BCUT2D eigenvalue weighted by Gasteiger charge is -2.08. The van der Waals surface area contributed by atoms with Crippen molar-refractivity contribution in [2.75, 3.05) is 12.4 Å². The lowest BCUT2D eigenvalue weighted by atomic mass is 10.0. The third-order valence-electron chi connectivity index (χ3n) is 6.12. The number of nitrogens with zero attached hydrogens (tertiary/aromatic N) is 2. The summed E-state index contributed by atoms with van der Waals surface area (Å²) in [6.07, 6.45) is 0.214. The van der Waals surface area contributed by atoms with E-state index < -0.39 is 0 Å². The van der Waals surface area contributed by atoms with Crippen LogP contribution in [0.25, 0.3) is 0 Å². The van der Waals surface area contributed by atoms with Crippen LogP contribution in [0.3, 0.4) is 0 Å². The van der Waals surface area contributed by atoms with Gasteiger partial charge < -0.3 is 10.6 Å². The molecule has 2 amide bonds. The van der Waals surface area contributed by atoms with Gasteiger partial charge in [-0.15, -0.1) is 0 Å². The molecule has 0 bridgehead atoms. The van der Waals surface area contributed by atoms with E-state index in [4.69, 9.17) is 0 Å². The molecule has 0 aliphatic rings. The van der Waals surface area contributed by atoms with Gasteiger partial charge in [0.15, 0.2) is 5.78 Å². The molecule has 0 aliphatic carbocycles. The molecule has 1 heterocycles. The Hall–Kier alpha value is -4.52. The second-order valence-electron chi connectivity index (χ2n) is 8.58. The Balaban J connectivity index is 1.45. The first-order valence-corrected chi connectivity index (χ1v) is 11.7. The van der Waals surface area contributed by atoms with Gasteiger partial charge in [0.2, 0.25) is 0 Å². The fourth-order valence-electron chi connectivity index (χ4n) is 4.07. The van der Waals surface area contributed by atoms with Crippen molar-refractivity contribution in [3.63, 3.8) is 0 Å². The van der Waals surface area contributed by atoms with E-state index in [0.717, 1.165) is 22.5 Å². The summed E-state index contributed by atoms with van der Waals surface area (Å²) in [5, 5.41) is 10.1. The standard InChI is InChI=1S/C29H28N4O3/c1-19-26(20(2)33(32-19)18-21-8-7-9-24(16-21)28(35)30-3)17-27(34)22-12-14-23(15-13-22)29(36)31-25-10-5-4-6-11-25/h4-16H,17-18H2,1-3H3,(H,30,35)(H,31,36). The minimum atomic E-state index is -0.228. The molecule has 2 N–H and O–H groups in total. The second-order valence-corrected chi connectivity index (χ2v) is 8.58. The molecule has 0 radical (unpaired) electrons. The summed E-state index contributed by atoms with van der Waals surface area (Å²) in [7, 11) is 1.60. The average Bonchev–Trinajstić information content (AvgIpc) is 3.16. The zero-order valence-electron chi connectivity index (χ0n) is 20.5. The summed E-state index contributed by atoms with van der Waals surface area (Å²) in [5.41, 5.74) is 5.86. The Bertz CT molecular complexity index is 1410. The van der Waals surface area contributed by atoms with Crippen LogP contribution in [0.1, 0.15) is 53.6 Å². The molecule has 0 fully saturated rings. The maximum atomic E-state index is 13.0. The largest absolute Gasteiger partial charge is 0.355 e. The lowest BCUT2D eigenvalue weighted by molar-refractivity contribution is 0.0960. The van der Waals surface area contributed by atoms with Crippen molar-refractivity contribution in [2.45, 2.75) is 26.8 Å². The van der Waals surface area contributed by atoms with Crippen molar-refractivity contribution >= 4 is 23.3 Å². The number of benzene rings is 3. The highest BCUT2D eigenvalue weighted by atomic mass is 16.2. The highest BCUT2D eigenvalue weighted by Gasteiger charge is 2.17. The number of carbonyl (C=O) groups excluding carboxylic acids is 3. The zero-order chi connectivity index (χ0) is 25.7. The van der Waals surface area contributed by atoms with Crippen LogP contribution in [0, 0.1) is 13.8 Å². The van der Waals surface area contributed by atoms with Gasteiger partial charge in [-0.1, -0.05) is 42.5 Å². The molecule has 0 saturated carbocycles. The Morgan fingerprint density at radius 3 is 2.19 bits per heavy atom. The molecule has 182 valence electrons. The number of aryl methyl sites for hydroxylation is 1. The summed E-state index contributed by atoms with van der Waals surface area (Å²) < 4.78 is 1.86. The first-order chi connectivity index (χ1) is 17.4. The van der Waals surface area contributed by atoms with Crippen molar-refractivity contribution in [1.82, 2.24) is 15.1 Å². The van der Waals surface area contributed by atoms with E-state index in [1.165, 1.54) is 0 Å². The maximum Gasteiger partial charge on any atom is 0.255 e. The van der Waals surface area contributed by atoms with Gasteiger partial charge in [-0.25, -0.2) is 0 Å². The number of hydrogen-bond donors (Lipinski definition) is 2. The van der Waals surface area contributed by atoms with Gasteiger partial charge in [0.05, 0.1) is 12.2 Å². The van der Waals surface area contributed by atoms with Crippen LogP contribution in [0.5, 0.6) is 0 Å². The number of amides is 2. The molecule has 1 aromatic heterocycles. The molecule has 7 heteroatoms. The van der Waals surface area contributed by atoms with E-state index >= 15 is 0 Å². The Kier molecular flexibility index (Phi) is 7.39. The second kappa shape index (κ2) is 10.8. The van der Waals surface area contributed by atoms with Gasteiger partial charge in [0, 0.05) is 47.1 Å². The number of carbonyl (C=O) groups is 3. The fraction of sp³-hybridized carbons (Fsp3) is 0.172. The summed E-state index contributed by atoms with van der Waals surface area (Å²) in [5.74, 6) is -0.411. The van der Waals surface area contributed by atoms with E-state index in [1.54, 1.807) is 37.4 Å². The maximum absolute atomic E-state index is 13.0. The third kappa shape index (κ3) is 5.58. The molecule has 7 nitrogen and oxygen atoms in total. The molecule has 0 aliphatic heterocycles. The summed E-state index contributed by atoms with van der Waals surface area (Å²) in [6, 6.07) is 23.3. The number of ketones is 1. The van der Waals surface area contributed by atoms with Gasteiger partial charge in [-0.2, -0.15) is 5.10 Å². The number of Topliss-reactive ketones (excluding diaryl/α,β-unsaturated/α-hetero) is 1. The molecule has 0 spiro atoms. The van der Waals surface area contributed by atoms with E-state index in [0.29, 0.717) is 28.9 Å². The van der Waals surface area contributed by atoms with Crippen LogP contribution in [-0.2, 0) is 13.0 Å².